The largest absolute Gasteiger partial charge is 0.454 e. The highest BCUT2D eigenvalue weighted by Crippen LogP contribution is 2.39. The molecular weight excluding hydrogens is 381 g/mol. The number of aliphatic imine (C=N–C) groups is 1. The zero-order valence-electron chi connectivity index (χ0n) is 17.0. The molecule has 1 amide bonds. The summed E-state index contributed by atoms with van der Waals surface area (Å²) in [5, 5.41) is 2.83. The minimum Gasteiger partial charge on any atom is -0.454 e. The van der Waals surface area contributed by atoms with Crippen molar-refractivity contribution in [3.05, 3.63) is 83.7 Å². The van der Waals surface area contributed by atoms with E-state index in [4.69, 9.17) is 9.73 Å². The number of nitrogens with zero attached hydrogens (tertiary/aromatic N) is 2. The van der Waals surface area contributed by atoms with Crippen molar-refractivity contribution in [1.82, 2.24) is 4.90 Å². The molecular formula is C24H22FN3O2. The molecule has 1 heterocycles. The molecule has 30 heavy (non-hydrogen) atoms. The SMILES string of the molecule is CC(C)N(C)C1=Nc2ccccc2Oc2ccc(NC(=O)c3cccc(F)c3)cc21. The predicted molar refractivity (Wildman–Crippen MR) is 116 cm³/mol. The standard InChI is InChI=1S/C24H22FN3O2/c1-15(2)28(3)23-19-14-18(26-24(29)16-7-6-8-17(25)13-16)11-12-21(19)30-22-10-5-4-9-20(22)27-23/h4-15H,1-3H3,(H,26,29). The quantitative estimate of drug-likeness (QED) is 0.619. The molecule has 3 aromatic carbocycles. The highest BCUT2D eigenvalue weighted by atomic mass is 19.1. The van der Waals surface area contributed by atoms with Gasteiger partial charge >= 0.3 is 0 Å². The number of amidine groups is 1. The molecule has 5 nitrogen and oxygen atoms in total. The van der Waals surface area contributed by atoms with Crippen molar-refractivity contribution < 1.29 is 13.9 Å². The van der Waals surface area contributed by atoms with Crippen molar-refractivity contribution in [3.63, 3.8) is 0 Å². The van der Waals surface area contributed by atoms with Gasteiger partial charge in [-0.05, 0) is 62.4 Å². The van der Waals surface area contributed by atoms with Gasteiger partial charge in [0.2, 0.25) is 0 Å². The highest BCUT2D eigenvalue weighted by Gasteiger charge is 2.23. The van der Waals surface area contributed by atoms with E-state index in [1.807, 2.05) is 43.4 Å². The molecule has 0 unspecified atom stereocenters. The van der Waals surface area contributed by atoms with Crippen molar-refractivity contribution in [1.29, 1.82) is 0 Å². The van der Waals surface area contributed by atoms with Crippen LogP contribution in [0.4, 0.5) is 15.8 Å². The van der Waals surface area contributed by atoms with Crippen LogP contribution in [0.15, 0.2) is 71.7 Å². The number of benzene rings is 3. The van der Waals surface area contributed by atoms with Gasteiger partial charge in [0, 0.05) is 24.3 Å². The minimum atomic E-state index is -0.455. The first-order chi connectivity index (χ1) is 14.4. The number of nitrogens with one attached hydrogen (secondary N) is 1. The molecule has 0 saturated carbocycles. The third-order valence-corrected chi connectivity index (χ3v) is 4.99. The summed E-state index contributed by atoms with van der Waals surface area (Å²) in [5.41, 5.74) is 2.32. The number of amides is 1. The third kappa shape index (κ3) is 3.89. The summed E-state index contributed by atoms with van der Waals surface area (Å²) < 4.78 is 19.6. The summed E-state index contributed by atoms with van der Waals surface area (Å²) in [6.45, 7) is 4.16. The average molecular weight is 403 g/mol. The molecule has 4 rings (SSSR count). The highest BCUT2D eigenvalue weighted by molar-refractivity contribution is 6.07. The summed E-state index contributed by atoms with van der Waals surface area (Å²) in [4.78, 5) is 19.5. The molecule has 0 aliphatic carbocycles. The molecule has 1 aliphatic rings. The van der Waals surface area contributed by atoms with Crippen molar-refractivity contribution >= 4 is 23.1 Å². The van der Waals surface area contributed by atoms with E-state index in [1.54, 1.807) is 12.1 Å². The first kappa shape index (κ1) is 19.6. The smallest absolute Gasteiger partial charge is 0.255 e. The van der Waals surface area contributed by atoms with E-state index in [0.29, 0.717) is 17.2 Å². The van der Waals surface area contributed by atoms with Crippen molar-refractivity contribution in [3.8, 4) is 11.5 Å². The normalized spacial score (nSPS) is 12.2. The van der Waals surface area contributed by atoms with E-state index in [1.165, 1.54) is 18.2 Å². The molecule has 0 aromatic heterocycles. The van der Waals surface area contributed by atoms with Crippen molar-refractivity contribution in [2.24, 2.45) is 4.99 Å². The molecule has 0 fully saturated rings. The predicted octanol–water partition coefficient (Wildman–Crippen LogP) is 5.60. The fourth-order valence-corrected chi connectivity index (χ4v) is 3.15. The topological polar surface area (TPSA) is 53.9 Å². The maximum Gasteiger partial charge on any atom is 0.255 e. The number of ether oxygens (including phenoxy) is 1. The van der Waals surface area contributed by atoms with Crippen LogP contribution in [0, 0.1) is 5.82 Å². The minimum absolute atomic E-state index is 0.201. The number of hydrogen-bond donors (Lipinski definition) is 1. The van der Waals surface area contributed by atoms with Gasteiger partial charge in [-0.1, -0.05) is 18.2 Å². The van der Waals surface area contributed by atoms with Gasteiger partial charge in [-0.3, -0.25) is 4.79 Å². The Bertz CT molecular complexity index is 1140. The van der Waals surface area contributed by atoms with Gasteiger partial charge in [0.15, 0.2) is 5.75 Å². The summed E-state index contributed by atoms with van der Waals surface area (Å²) in [6.07, 6.45) is 0. The molecule has 0 radical (unpaired) electrons. The zero-order chi connectivity index (χ0) is 21.3. The maximum absolute atomic E-state index is 13.5. The van der Waals surface area contributed by atoms with Gasteiger partial charge in [0.25, 0.3) is 5.91 Å². The summed E-state index contributed by atoms with van der Waals surface area (Å²) in [5.74, 6) is 1.22. The summed E-state index contributed by atoms with van der Waals surface area (Å²) >= 11 is 0. The van der Waals surface area contributed by atoms with Gasteiger partial charge < -0.3 is 15.0 Å². The second-order valence-corrected chi connectivity index (χ2v) is 7.39. The maximum atomic E-state index is 13.5. The Kier molecular flexibility index (Phi) is 5.23. The van der Waals surface area contributed by atoms with Crippen LogP contribution in [0.1, 0.15) is 29.8 Å². The molecule has 0 bridgehead atoms. The van der Waals surface area contributed by atoms with Gasteiger partial charge in [-0.2, -0.15) is 0 Å². The van der Waals surface area contributed by atoms with Crippen LogP contribution in [-0.2, 0) is 0 Å². The van der Waals surface area contributed by atoms with E-state index < -0.39 is 5.82 Å². The van der Waals surface area contributed by atoms with Crippen LogP contribution in [0.3, 0.4) is 0 Å². The Morgan fingerprint density at radius 1 is 1.03 bits per heavy atom. The number of carbonyl (C=O) groups excluding carboxylic acids is 1. The van der Waals surface area contributed by atoms with E-state index >= 15 is 0 Å². The first-order valence-electron chi connectivity index (χ1n) is 9.72. The lowest BCUT2D eigenvalue weighted by Gasteiger charge is -2.26. The number of para-hydroxylation sites is 2. The number of rotatable bonds is 3. The van der Waals surface area contributed by atoms with Crippen LogP contribution in [-0.4, -0.2) is 29.7 Å². The second kappa shape index (κ2) is 7.99. The Morgan fingerprint density at radius 2 is 1.83 bits per heavy atom. The molecule has 6 heteroatoms. The van der Waals surface area contributed by atoms with Crippen LogP contribution in [0.5, 0.6) is 11.5 Å². The monoisotopic (exact) mass is 403 g/mol. The molecule has 1 N–H and O–H groups in total. The molecule has 3 aromatic rings. The van der Waals surface area contributed by atoms with Crippen LogP contribution in [0.25, 0.3) is 0 Å². The lowest BCUT2D eigenvalue weighted by molar-refractivity contribution is 0.102. The number of halogens is 1. The van der Waals surface area contributed by atoms with Crippen LogP contribution >= 0.6 is 0 Å². The van der Waals surface area contributed by atoms with Gasteiger partial charge in [-0.25, -0.2) is 9.38 Å². The average Bonchev–Trinajstić information content (AvgIpc) is 2.89. The van der Waals surface area contributed by atoms with Gasteiger partial charge in [-0.15, -0.1) is 0 Å². The Morgan fingerprint density at radius 3 is 2.60 bits per heavy atom. The molecule has 152 valence electrons. The van der Waals surface area contributed by atoms with E-state index in [2.05, 4.69) is 24.1 Å². The Hall–Kier alpha value is -3.67. The first-order valence-corrected chi connectivity index (χ1v) is 9.72. The number of fused-ring (bicyclic) bond motifs is 2. The fourth-order valence-electron chi connectivity index (χ4n) is 3.15. The van der Waals surface area contributed by atoms with E-state index in [9.17, 15) is 9.18 Å². The van der Waals surface area contributed by atoms with Crippen LogP contribution < -0.4 is 10.1 Å². The van der Waals surface area contributed by atoms with Crippen molar-refractivity contribution in [2.45, 2.75) is 19.9 Å². The summed E-state index contributed by atoms with van der Waals surface area (Å²) in [7, 11) is 1.97. The molecule has 0 atom stereocenters. The van der Waals surface area contributed by atoms with Crippen molar-refractivity contribution in [2.75, 3.05) is 12.4 Å². The zero-order valence-corrected chi connectivity index (χ0v) is 17.0. The lowest BCUT2D eigenvalue weighted by atomic mass is 10.1. The third-order valence-electron chi connectivity index (χ3n) is 4.99. The van der Waals surface area contributed by atoms with E-state index in [-0.39, 0.29) is 17.5 Å². The Labute approximate surface area is 174 Å². The molecule has 0 saturated heterocycles. The number of hydrogen-bond acceptors (Lipinski definition) is 4. The van der Waals surface area contributed by atoms with E-state index in [0.717, 1.165) is 17.1 Å². The molecule has 0 spiro atoms. The fraction of sp³-hybridized carbons (Fsp3) is 0.167. The lowest BCUT2D eigenvalue weighted by Crippen LogP contribution is -2.33. The van der Waals surface area contributed by atoms with Gasteiger partial charge in [0.1, 0.15) is 23.1 Å². The number of carbonyl (C=O) groups is 1. The second-order valence-electron chi connectivity index (χ2n) is 7.39. The Balaban J connectivity index is 1.74. The molecule has 1 aliphatic heterocycles. The van der Waals surface area contributed by atoms with Gasteiger partial charge in [0.05, 0.1) is 5.56 Å². The van der Waals surface area contributed by atoms with Crippen LogP contribution in [0.2, 0.25) is 0 Å². The number of anilines is 1. The summed E-state index contributed by atoms with van der Waals surface area (Å²) in [6, 6.07) is 18.8.